The molecule has 0 N–H and O–H groups in total. The predicted octanol–water partition coefficient (Wildman–Crippen LogP) is 4.33. The number of aromatic nitrogens is 1. The van der Waals surface area contributed by atoms with Crippen LogP contribution >= 0.6 is 0 Å². The van der Waals surface area contributed by atoms with Crippen LogP contribution in [0, 0.1) is 5.82 Å². The second kappa shape index (κ2) is 4.30. The number of hydrogen-bond donors (Lipinski definition) is 0. The van der Waals surface area contributed by atoms with Crippen molar-refractivity contribution < 1.29 is 4.39 Å². The molecule has 2 aromatic carbocycles. The highest BCUT2D eigenvalue weighted by molar-refractivity contribution is 5.85. The van der Waals surface area contributed by atoms with E-state index in [1.165, 1.54) is 28.6 Å². The van der Waals surface area contributed by atoms with Crippen molar-refractivity contribution in [1.82, 2.24) is 4.57 Å². The van der Waals surface area contributed by atoms with Gasteiger partial charge in [0.2, 0.25) is 0 Å². The Hall–Kier alpha value is -2.09. The Balaban J connectivity index is 2.26. The van der Waals surface area contributed by atoms with Crippen LogP contribution in [0.25, 0.3) is 16.6 Å². The zero-order valence-corrected chi connectivity index (χ0v) is 10.2. The summed E-state index contributed by atoms with van der Waals surface area (Å²) in [6.45, 7) is 2.15. The normalized spacial score (nSPS) is 11.0. The molecule has 1 nitrogen and oxygen atoms in total. The van der Waals surface area contributed by atoms with Crippen LogP contribution in [0.1, 0.15) is 12.5 Å². The molecule has 0 aliphatic heterocycles. The molecular weight excluding hydrogens is 225 g/mol. The molecule has 1 heterocycles. The molecule has 0 fully saturated rings. The van der Waals surface area contributed by atoms with Gasteiger partial charge in [0.25, 0.3) is 0 Å². The Kier molecular flexibility index (Phi) is 2.63. The Morgan fingerprint density at radius 2 is 1.72 bits per heavy atom. The highest BCUT2D eigenvalue weighted by atomic mass is 19.1. The summed E-state index contributed by atoms with van der Waals surface area (Å²) in [7, 11) is 0. The zero-order valence-electron chi connectivity index (χ0n) is 10.2. The summed E-state index contributed by atoms with van der Waals surface area (Å²) in [6, 6.07) is 14.9. The average Bonchev–Trinajstić information content (AvgIpc) is 2.79. The zero-order chi connectivity index (χ0) is 12.5. The van der Waals surface area contributed by atoms with Gasteiger partial charge in [-0.05, 0) is 42.3 Å². The first kappa shape index (κ1) is 11.0. The lowest BCUT2D eigenvalue weighted by atomic mass is 10.1. The second-order valence-electron chi connectivity index (χ2n) is 4.37. The third-order valence-corrected chi connectivity index (χ3v) is 3.28. The van der Waals surface area contributed by atoms with Crippen molar-refractivity contribution in [1.29, 1.82) is 0 Å². The number of halogens is 1. The third kappa shape index (κ3) is 1.70. The number of aryl methyl sites for hydroxylation is 1. The molecule has 0 atom stereocenters. The molecule has 0 bridgehead atoms. The monoisotopic (exact) mass is 239 g/mol. The van der Waals surface area contributed by atoms with E-state index in [0.717, 1.165) is 12.1 Å². The smallest absolute Gasteiger partial charge is 0.123 e. The van der Waals surface area contributed by atoms with Crippen molar-refractivity contribution in [3.63, 3.8) is 0 Å². The summed E-state index contributed by atoms with van der Waals surface area (Å²) in [5.41, 5.74) is 3.48. The van der Waals surface area contributed by atoms with Gasteiger partial charge in [0.15, 0.2) is 0 Å². The fourth-order valence-corrected chi connectivity index (χ4v) is 2.35. The van der Waals surface area contributed by atoms with E-state index < -0.39 is 0 Å². The minimum atomic E-state index is -0.203. The second-order valence-corrected chi connectivity index (χ2v) is 4.37. The topological polar surface area (TPSA) is 4.93 Å². The molecule has 0 aliphatic rings. The molecule has 0 saturated heterocycles. The van der Waals surface area contributed by atoms with E-state index in [4.69, 9.17) is 0 Å². The number of hydrogen-bond acceptors (Lipinski definition) is 0. The fourth-order valence-electron chi connectivity index (χ4n) is 2.35. The minimum Gasteiger partial charge on any atom is -0.316 e. The van der Waals surface area contributed by atoms with Crippen molar-refractivity contribution in [2.24, 2.45) is 0 Å². The molecule has 0 aliphatic carbocycles. The van der Waals surface area contributed by atoms with E-state index in [9.17, 15) is 4.39 Å². The molecule has 18 heavy (non-hydrogen) atoms. The van der Waals surface area contributed by atoms with Crippen molar-refractivity contribution in [2.45, 2.75) is 13.3 Å². The summed E-state index contributed by atoms with van der Waals surface area (Å²) < 4.78 is 15.1. The Morgan fingerprint density at radius 1 is 1.00 bits per heavy atom. The highest BCUT2D eigenvalue weighted by Gasteiger charge is 2.07. The van der Waals surface area contributed by atoms with Crippen LogP contribution in [0.5, 0.6) is 0 Å². The summed E-state index contributed by atoms with van der Waals surface area (Å²) in [5.74, 6) is -0.203. The van der Waals surface area contributed by atoms with E-state index in [1.807, 2.05) is 6.07 Å². The Labute approximate surface area is 105 Å². The molecule has 3 rings (SSSR count). The van der Waals surface area contributed by atoms with Gasteiger partial charge in [-0.15, -0.1) is 0 Å². The summed E-state index contributed by atoms with van der Waals surface area (Å²) in [6.07, 6.45) is 3.13. The Bertz CT molecular complexity index is 680. The SMILES string of the molecule is CCc1cn(-c2ccc(F)cc2)c2ccccc12. The van der Waals surface area contributed by atoms with Gasteiger partial charge >= 0.3 is 0 Å². The first-order valence-corrected chi connectivity index (χ1v) is 6.14. The molecule has 90 valence electrons. The molecule has 0 radical (unpaired) electrons. The molecule has 0 unspecified atom stereocenters. The van der Waals surface area contributed by atoms with Gasteiger partial charge in [-0.1, -0.05) is 25.1 Å². The average molecular weight is 239 g/mol. The van der Waals surface area contributed by atoms with Gasteiger partial charge in [-0.2, -0.15) is 0 Å². The first-order chi connectivity index (χ1) is 8.79. The molecular formula is C16H14FN. The lowest BCUT2D eigenvalue weighted by Gasteiger charge is -2.04. The maximum absolute atomic E-state index is 13.0. The molecule has 0 spiro atoms. The Morgan fingerprint density at radius 3 is 2.44 bits per heavy atom. The van der Waals surface area contributed by atoms with Gasteiger partial charge in [-0.25, -0.2) is 4.39 Å². The highest BCUT2D eigenvalue weighted by Crippen LogP contribution is 2.25. The third-order valence-electron chi connectivity index (χ3n) is 3.28. The maximum atomic E-state index is 13.0. The summed E-state index contributed by atoms with van der Waals surface area (Å²) >= 11 is 0. The number of rotatable bonds is 2. The maximum Gasteiger partial charge on any atom is 0.123 e. The standard InChI is InChI=1S/C16H14FN/c1-2-12-11-18(14-9-7-13(17)8-10-14)16-6-4-3-5-15(12)16/h3-11H,2H2,1H3. The van der Waals surface area contributed by atoms with Crippen LogP contribution in [-0.4, -0.2) is 4.57 Å². The summed E-state index contributed by atoms with van der Waals surface area (Å²) in [4.78, 5) is 0. The number of para-hydroxylation sites is 1. The van der Waals surface area contributed by atoms with E-state index in [0.29, 0.717) is 0 Å². The lowest BCUT2D eigenvalue weighted by molar-refractivity contribution is 0.627. The van der Waals surface area contributed by atoms with Gasteiger partial charge < -0.3 is 4.57 Å². The van der Waals surface area contributed by atoms with E-state index >= 15 is 0 Å². The van der Waals surface area contributed by atoms with Crippen molar-refractivity contribution in [3.05, 3.63) is 66.1 Å². The molecule has 0 amide bonds. The lowest BCUT2D eigenvalue weighted by Crippen LogP contribution is -1.91. The van der Waals surface area contributed by atoms with Gasteiger partial charge in [0.05, 0.1) is 5.52 Å². The van der Waals surface area contributed by atoms with Crippen molar-refractivity contribution in [2.75, 3.05) is 0 Å². The minimum absolute atomic E-state index is 0.203. The van der Waals surface area contributed by atoms with Crippen LogP contribution in [0.2, 0.25) is 0 Å². The molecule has 2 heteroatoms. The molecule has 0 saturated carbocycles. The van der Waals surface area contributed by atoms with Gasteiger partial charge in [0, 0.05) is 17.3 Å². The first-order valence-electron chi connectivity index (χ1n) is 6.14. The van der Waals surface area contributed by atoms with Crippen molar-refractivity contribution in [3.8, 4) is 5.69 Å². The number of nitrogens with zero attached hydrogens (tertiary/aromatic N) is 1. The van der Waals surface area contributed by atoms with E-state index in [1.54, 1.807) is 12.1 Å². The van der Waals surface area contributed by atoms with E-state index in [-0.39, 0.29) is 5.82 Å². The molecule has 1 aromatic heterocycles. The van der Waals surface area contributed by atoms with Crippen LogP contribution in [-0.2, 0) is 6.42 Å². The van der Waals surface area contributed by atoms with Crippen LogP contribution in [0.15, 0.2) is 54.7 Å². The van der Waals surface area contributed by atoms with Gasteiger partial charge in [0.1, 0.15) is 5.82 Å². The number of fused-ring (bicyclic) bond motifs is 1. The largest absolute Gasteiger partial charge is 0.316 e. The van der Waals surface area contributed by atoms with E-state index in [2.05, 4.69) is 35.9 Å². The molecule has 3 aromatic rings. The van der Waals surface area contributed by atoms with Gasteiger partial charge in [-0.3, -0.25) is 0 Å². The van der Waals surface area contributed by atoms with Crippen LogP contribution in [0.3, 0.4) is 0 Å². The number of benzene rings is 2. The quantitative estimate of drug-likeness (QED) is 0.627. The van der Waals surface area contributed by atoms with Crippen molar-refractivity contribution >= 4 is 10.9 Å². The van der Waals surface area contributed by atoms with Crippen LogP contribution in [0.4, 0.5) is 4.39 Å². The summed E-state index contributed by atoms with van der Waals surface area (Å²) in [5, 5.41) is 1.27. The van der Waals surface area contributed by atoms with Crippen LogP contribution < -0.4 is 0 Å². The fraction of sp³-hybridized carbons (Fsp3) is 0.125. The predicted molar refractivity (Wildman–Crippen MR) is 72.6 cm³/mol.